The molecule has 0 bridgehead atoms. The predicted molar refractivity (Wildman–Crippen MR) is 77.3 cm³/mol. The maximum absolute atomic E-state index is 11.8. The number of carbonyl (C=O) groups excluding carboxylic acids is 2. The summed E-state index contributed by atoms with van der Waals surface area (Å²) in [5.41, 5.74) is 5.64. The van der Waals surface area contributed by atoms with E-state index < -0.39 is 5.91 Å². The summed E-state index contributed by atoms with van der Waals surface area (Å²) >= 11 is 3.33. The SMILES string of the molecule is CC(C)C(Br)C(=O)Nc1ccc(OCC(N)=O)cc1. The minimum Gasteiger partial charge on any atom is -0.484 e. The average molecular weight is 329 g/mol. The Hall–Kier alpha value is -1.56. The smallest absolute Gasteiger partial charge is 0.255 e. The lowest BCUT2D eigenvalue weighted by molar-refractivity contribution is -0.120. The van der Waals surface area contributed by atoms with Crippen LogP contribution in [-0.2, 0) is 9.59 Å². The van der Waals surface area contributed by atoms with Crippen molar-refractivity contribution in [2.45, 2.75) is 18.7 Å². The first kappa shape index (κ1) is 15.5. The van der Waals surface area contributed by atoms with Gasteiger partial charge in [-0.05, 0) is 30.2 Å². The first-order chi connectivity index (χ1) is 8.90. The molecule has 0 radical (unpaired) electrons. The second-order valence-corrected chi connectivity index (χ2v) is 5.40. The Morgan fingerprint density at radius 3 is 2.37 bits per heavy atom. The van der Waals surface area contributed by atoms with Gasteiger partial charge >= 0.3 is 0 Å². The van der Waals surface area contributed by atoms with Crippen LogP contribution in [0.15, 0.2) is 24.3 Å². The number of halogens is 1. The quantitative estimate of drug-likeness (QED) is 0.782. The number of amides is 2. The molecule has 1 unspecified atom stereocenters. The molecule has 1 rings (SSSR count). The van der Waals surface area contributed by atoms with Gasteiger partial charge in [-0.25, -0.2) is 0 Å². The second-order valence-electron chi connectivity index (χ2n) is 4.41. The number of anilines is 1. The van der Waals surface area contributed by atoms with Crippen LogP contribution in [0.3, 0.4) is 0 Å². The standard InChI is InChI=1S/C13H17BrN2O3/c1-8(2)12(14)13(18)16-9-3-5-10(6-4-9)19-7-11(15)17/h3-6,8,12H,7H2,1-2H3,(H2,15,17)(H,16,18). The van der Waals surface area contributed by atoms with Gasteiger partial charge in [0, 0.05) is 5.69 Å². The summed E-state index contributed by atoms with van der Waals surface area (Å²) in [6.07, 6.45) is 0. The van der Waals surface area contributed by atoms with Crippen molar-refractivity contribution in [1.82, 2.24) is 0 Å². The lowest BCUT2D eigenvalue weighted by atomic mass is 10.1. The van der Waals surface area contributed by atoms with Crippen LogP contribution in [-0.4, -0.2) is 23.2 Å². The summed E-state index contributed by atoms with van der Waals surface area (Å²) in [4.78, 5) is 22.1. The molecule has 5 nitrogen and oxygen atoms in total. The molecule has 1 aromatic carbocycles. The molecule has 1 aromatic rings. The fraction of sp³-hybridized carbons (Fsp3) is 0.385. The molecule has 6 heteroatoms. The predicted octanol–water partition coefficient (Wildman–Crippen LogP) is 1.91. The molecule has 0 aliphatic carbocycles. The highest BCUT2D eigenvalue weighted by molar-refractivity contribution is 9.10. The van der Waals surface area contributed by atoms with Crippen molar-refractivity contribution in [3.63, 3.8) is 0 Å². The molecule has 0 fully saturated rings. The van der Waals surface area contributed by atoms with Crippen molar-refractivity contribution in [2.75, 3.05) is 11.9 Å². The van der Waals surface area contributed by atoms with Gasteiger partial charge in [-0.1, -0.05) is 29.8 Å². The van der Waals surface area contributed by atoms with Crippen LogP contribution in [0.5, 0.6) is 5.75 Å². The van der Waals surface area contributed by atoms with Gasteiger partial charge in [0.1, 0.15) is 5.75 Å². The largest absolute Gasteiger partial charge is 0.484 e. The summed E-state index contributed by atoms with van der Waals surface area (Å²) < 4.78 is 5.12. The molecule has 0 heterocycles. The molecule has 0 saturated heterocycles. The number of hydrogen-bond donors (Lipinski definition) is 2. The number of nitrogens with one attached hydrogen (secondary N) is 1. The highest BCUT2D eigenvalue weighted by Gasteiger charge is 2.18. The fourth-order valence-electron chi connectivity index (χ4n) is 1.30. The molecule has 0 aliphatic heterocycles. The Kier molecular flexibility index (Phi) is 5.82. The molecule has 0 saturated carbocycles. The fourth-order valence-corrected chi connectivity index (χ4v) is 1.42. The lowest BCUT2D eigenvalue weighted by Gasteiger charge is -2.14. The van der Waals surface area contributed by atoms with Crippen LogP contribution >= 0.6 is 15.9 Å². The van der Waals surface area contributed by atoms with Gasteiger partial charge in [-0.3, -0.25) is 9.59 Å². The maximum Gasteiger partial charge on any atom is 0.255 e. The lowest BCUT2D eigenvalue weighted by Crippen LogP contribution is -2.26. The molecule has 0 spiro atoms. The van der Waals surface area contributed by atoms with E-state index in [-0.39, 0.29) is 23.3 Å². The normalized spacial score (nSPS) is 12.0. The van der Waals surface area contributed by atoms with Gasteiger partial charge in [0.05, 0.1) is 4.83 Å². The van der Waals surface area contributed by atoms with Crippen molar-refractivity contribution in [1.29, 1.82) is 0 Å². The van der Waals surface area contributed by atoms with E-state index in [1.807, 2.05) is 13.8 Å². The molecule has 19 heavy (non-hydrogen) atoms. The van der Waals surface area contributed by atoms with Crippen LogP contribution in [0.4, 0.5) is 5.69 Å². The van der Waals surface area contributed by atoms with Crippen molar-refractivity contribution < 1.29 is 14.3 Å². The summed E-state index contributed by atoms with van der Waals surface area (Å²) in [6, 6.07) is 6.73. The van der Waals surface area contributed by atoms with Crippen LogP contribution in [0.2, 0.25) is 0 Å². The third kappa shape index (κ3) is 5.30. The number of ether oxygens (including phenoxy) is 1. The number of carbonyl (C=O) groups is 2. The number of rotatable bonds is 6. The second kappa shape index (κ2) is 7.13. The van der Waals surface area contributed by atoms with Gasteiger partial charge in [0.2, 0.25) is 5.91 Å². The molecule has 0 aliphatic rings. The van der Waals surface area contributed by atoms with Crippen LogP contribution in [0.1, 0.15) is 13.8 Å². The van der Waals surface area contributed by atoms with Gasteiger partial charge in [-0.2, -0.15) is 0 Å². The number of primary amides is 1. The minimum absolute atomic E-state index is 0.0965. The monoisotopic (exact) mass is 328 g/mol. The number of nitrogens with two attached hydrogens (primary N) is 1. The molecule has 2 amide bonds. The molecule has 0 aromatic heterocycles. The Labute approximate surface area is 120 Å². The summed E-state index contributed by atoms with van der Waals surface area (Å²) in [7, 11) is 0. The van der Waals surface area contributed by atoms with E-state index in [4.69, 9.17) is 10.5 Å². The Morgan fingerprint density at radius 1 is 1.32 bits per heavy atom. The van der Waals surface area contributed by atoms with Crippen molar-refractivity contribution >= 4 is 33.4 Å². The maximum atomic E-state index is 11.8. The van der Waals surface area contributed by atoms with E-state index in [2.05, 4.69) is 21.2 Å². The first-order valence-electron chi connectivity index (χ1n) is 5.86. The van der Waals surface area contributed by atoms with Gasteiger partial charge < -0.3 is 15.8 Å². The molecular formula is C13H17BrN2O3. The highest BCUT2D eigenvalue weighted by atomic mass is 79.9. The van der Waals surface area contributed by atoms with Crippen molar-refractivity contribution in [2.24, 2.45) is 11.7 Å². The van der Waals surface area contributed by atoms with Gasteiger partial charge in [0.25, 0.3) is 5.91 Å². The van der Waals surface area contributed by atoms with Crippen molar-refractivity contribution in [3.8, 4) is 5.75 Å². The van der Waals surface area contributed by atoms with E-state index in [1.165, 1.54) is 0 Å². The zero-order valence-corrected chi connectivity index (χ0v) is 12.4. The average Bonchev–Trinajstić information content (AvgIpc) is 2.36. The molecule has 1 atom stereocenters. The molecule has 3 N–H and O–H groups in total. The topological polar surface area (TPSA) is 81.4 Å². The van der Waals surface area contributed by atoms with Gasteiger partial charge in [-0.15, -0.1) is 0 Å². The summed E-state index contributed by atoms with van der Waals surface area (Å²) in [5.74, 6) is 0.103. The minimum atomic E-state index is -0.531. The summed E-state index contributed by atoms with van der Waals surface area (Å²) in [5, 5.41) is 2.78. The summed E-state index contributed by atoms with van der Waals surface area (Å²) in [6.45, 7) is 3.75. The number of hydrogen-bond acceptors (Lipinski definition) is 3. The Balaban J connectivity index is 2.57. The van der Waals surface area contributed by atoms with Crippen LogP contribution in [0.25, 0.3) is 0 Å². The van der Waals surface area contributed by atoms with Crippen molar-refractivity contribution in [3.05, 3.63) is 24.3 Å². The van der Waals surface area contributed by atoms with E-state index in [9.17, 15) is 9.59 Å². The number of benzene rings is 1. The van der Waals surface area contributed by atoms with E-state index in [0.717, 1.165) is 0 Å². The Bertz CT molecular complexity index is 446. The number of alkyl halides is 1. The van der Waals surface area contributed by atoms with E-state index in [1.54, 1.807) is 24.3 Å². The van der Waals surface area contributed by atoms with Crippen LogP contribution < -0.4 is 15.8 Å². The third-order valence-electron chi connectivity index (χ3n) is 2.34. The molecular weight excluding hydrogens is 312 g/mol. The van der Waals surface area contributed by atoms with E-state index in [0.29, 0.717) is 11.4 Å². The van der Waals surface area contributed by atoms with Gasteiger partial charge in [0.15, 0.2) is 6.61 Å². The first-order valence-corrected chi connectivity index (χ1v) is 6.78. The van der Waals surface area contributed by atoms with E-state index >= 15 is 0 Å². The Morgan fingerprint density at radius 2 is 1.89 bits per heavy atom. The third-order valence-corrected chi connectivity index (χ3v) is 3.81. The van der Waals surface area contributed by atoms with Crippen LogP contribution in [0, 0.1) is 5.92 Å². The zero-order valence-electron chi connectivity index (χ0n) is 10.9. The molecule has 104 valence electrons. The highest BCUT2D eigenvalue weighted by Crippen LogP contribution is 2.18. The zero-order chi connectivity index (χ0) is 14.4.